The van der Waals surface area contributed by atoms with E-state index < -0.39 is 0 Å². The molecular weight excluding hydrogens is 389 g/mol. The van der Waals surface area contributed by atoms with Crippen molar-refractivity contribution in [3.63, 3.8) is 0 Å². The van der Waals surface area contributed by atoms with Crippen molar-refractivity contribution in [2.24, 2.45) is 5.92 Å². The topological polar surface area (TPSA) is 67.5 Å². The number of carbonyl (C=O) groups excluding carboxylic acids is 1. The van der Waals surface area contributed by atoms with Gasteiger partial charge in [-0.1, -0.05) is 38.1 Å². The first-order chi connectivity index (χ1) is 14.6. The van der Waals surface area contributed by atoms with Crippen LogP contribution in [0.5, 0.6) is 0 Å². The zero-order valence-corrected chi connectivity index (χ0v) is 19.6. The third-order valence-electron chi connectivity index (χ3n) is 6.80. The van der Waals surface area contributed by atoms with Gasteiger partial charge in [-0.3, -0.25) is 4.79 Å². The van der Waals surface area contributed by atoms with E-state index in [1.165, 1.54) is 0 Å². The standard InChI is InChI=1S/C24H34BN3O3/c1-16(2)14-21(29)28-13-7-8-20(28)22-26-15-19(27-22)17-9-11-18(12-10-17)25-30-23(3,4)24(5,6)31-25/h9-12,15-16,20H,7-8,13-14H2,1-6H3,(H,26,27)/t20-/m0/s1. The zero-order valence-electron chi connectivity index (χ0n) is 19.6. The van der Waals surface area contributed by atoms with Gasteiger partial charge in [0.15, 0.2) is 0 Å². The lowest BCUT2D eigenvalue weighted by molar-refractivity contribution is -0.133. The fourth-order valence-corrected chi connectivity index (χ4v) is 4.26. The number of likely N-dealkylation sites (tertiary alicyclic amines) is 1. The van der Waals surface area contributed by atoms with E-state index in [-0.39, 0.29) is 30.3 Å². The largest absolute Gasteiger partial charge is 0.494 e. The summed E-state index contributed by atoms with van der Waals surface area (Å²) in [6.45, 7) is 13.2. The van der Waals surface area contributed by atoms with E-state index in [9.17, 15) is 4.79 Å². The van der Waals surface area contributed by atoms with Crippen LogP contribution in [0.3, 0.4) is 0 Å². The number of carbonyl (C=O) groups is 1. The maximum absolute atomic E-state index is 12.6. The van der Waals surface area contributed by atoms with Gasteiger partial charge in [-0.05, 0) is 51.9 Å². The molecule has 1 aromatic heterocycles. The van der Waals surface area contributed by atoms with Gasteiger partial charge in [0.1, 0.15) is 5.82 Å². The Bertz CT molecular complexity index is 920. The fourth-order valence-electron chi connectivity index (χ4n) is 4.26. The molecule has 3 heterocycles. The number of hydrogen-bond acceptors (Lipinski definition) is 4. The molecule has 0 aliphatic carbocycles. The Kier molecular flexibility index (Phi) is 5.77. The summed E-state index contributed by atoms with van der Waals surface area (Å²) >= 11 is 0. The Morgan fingerprint density at radius 2 is 1.84 bits per heavy atom. The van der Waals surface area contributed by atoms with Crippen LogP contribution in [0, 0.1) is 5.92 Å². The molecule has 2 saturated heterocycles. The van der Waals surface area contributed by atoms with E-state index in [1.54, 1.807) is 0 Å². The van der Waals surface area contributed by atoms with Crippen LogP contribution < -0.4 is 5.46 Å². The van der Waals surface area contributed by atoms with Gasteiger partial charge in [-0.2, -0.15) is 0 Å². The lowest BCUT2D eigenvalue weighted by Crippen LogP contribution is -2.41. The number of aromatic nitrogens is 2. The number of H-pyrrole nitrogens is 1. The van der Waals surface area contributed by atoms with Gasteiger partial charge < -0.3 is 19.2 Å². The van der Waals surface area contributed by atoms with Crippen molar-refractivity contribution in [1.29, 1.82) is 0 Å². The smallest absolute Gasteiger partial charge is 0.399 e. The molecule has 1 N–H and O–H groups in total. The molecule has 6 nitrogen and oxygen atoms in total. The van der Waals surface area contributed by atoms with Crippen molar-refractivity contribution in [1.82, 2.24) is 14.9 Å². The average Bonchev–Trinajstić information content (AvgIpc) is 3.39. The van der Waals surface area contributed by atoms with Crippen LogP contribution in [0.25, 0.3) is 11.3 Å². The minimum Gasteiger partial charge on any atom is -0.399 e. The van der Waals surface area contributed by atoms with Gasteiger partial charge in [0, 0.05) is 24.7 Å². The van der Waals surface area contributed by atoms with Gasteiger partial charge in [0.25, 0.3) is 0 Å². The molecular formula is C24H34BN3O3. The van der Waals surface area contributed by atoms with Crippen molar-refractivity contribution in [3.05, 3.63) is 36.3 Å². The van der Waals surface area contributed by atoms with Gasteiger partial charge >= 0.3 is 7.12 Å². The van der Waals surface area contributed by atoms with Crippen molar-refractivity contribution in [2.75, 3.05) is 6.54 Å². The molecule has 7 heteroatoms. The van der Waals surface area contributed by atoms with Crippen LogP contribution >= 0.6 is 0 Å². The first kappa shape index (κ1) is 22.1. The quantitative estimate of drug-likeness (QED) is 0.736. The van der Waals surface area contributed by atoms with Gasteiger partial charge in [0.2, 0.25) is 5.91 Å². The average molecular weight is 423 g/mol. The summed E-state index contributed by atoms with van der Waals surface area (Å²) in [7, 11) is -0.368. The predicted molar refractivity (Wildman–Crippen MR) is 123 cm³/mol. The highest BCUT2D eigenvalue weighted by Gasteiger charge is 2.51. The van der Waals surface area contributed by atoms with Gasteiger partial charge in [-0.25, -0.2) is 4.98 Å². The molecule has 2 aromatic rings. The van der Waals surface area contributed by atoms with E-state index in [1.807, 2.05) is 23.2 Å². The van der Waals surface area contributed by atoms with Crippen molar-refractivity contribution in [3.8, 4) is 11.3 Å². The highest BCUT2D eigenvalue weighted by molar-refractivity contribution is 6.62. The van der Waals surface area contributed by atoms with E-state index >= 15 is 0 Å². The van der Waals surface area contributed by atoms with Crippen molar-refractivity contribution < 1.29 is 14.1 Å². The van der Waals surface area contributed by atoms with Gasteiger partial charge in [0.05, 0.1) is 22.9 Å². The molecule has 0 bridgehead atoms. The Morgan fingerprint density at radius 1 is 1.19 bits per heavy atom. The number of nitrogens with zero attached hydrogens (tertiary/aromatic N) is 2. The maximum Gasteiger partial charge on any atom is 0.494 e. The van der Waals surface area contributed by atoms with Crippen LogP contribution in [0.2, 0.25) is 0 Å². The number of imidazole rings is 1. The van der Waals surface area contributed by atoms with Crippen LogP contribution in [0.4, 0.5) is 0 Å². The summed E-state index contributed by atoms with van der Waals surface area (Å²) in [5.74, 6) is 1.46. The first-order valence-corrected chi connectivity index (χ1v) is 11.4. The van der Waals surface area contributed by atoms with Crippen LogP contribution in [-0.2, 0) is 14.1 Å². The predicted octanol–water partition coefficient (Wildman–Crippen LogP) is 4.09. The number of benzene rings is 1. The van der Waals surface area contributed by atoms with Crippen LogP contribution in [-0.4, -0.2) is 45.6 Å². The van der Waals surface area contributed by atoms with E-state index in [0.29, 0.717) is 12.3 Å². The van der Waals surface area contributed by atoms with E-state index in [0.717, 1.165) is 41.9 Å². The number of amides is 1. The molecule has 31 heavy (non-hydrogen) atoms. The fraction of sp³-hybridized carbons (Fsp3) is 0.583. The third-order valence-corrected chi connectivity index (χ3v) is 6.80. The van der Waals surface area contributed by atoms with E-state index in [2.05, 4.69) is 58.7 Å². The Labute approximate surface area is 185 Å². The first-order valence-electron chi connectivity index (χ1n) is 11.4. The second-order valence-corrected chi connectivity index (χ2v) is 10.2. The van der Waals surface area contributed by atoms with Crippen LogP contribution in [0.1, 0.15) is 72.7 Å². The molecule has 2 aliphatic heterocycles. The summed E-state index contributed by atoms with van der Waals surface area (Å²) in [6, 6.07) is 8.23. The lowest BCUT2D eigenvalue weighted by Gasteiger charge is -2.32. The van der Waals surface area contributed by atoms with E-state index in [4.69, 9.17) is 14.3 Å². The molecule has 2 fully saturated rings. The number of hydrogen-bond donors (Lipinski definition) is 1. The highest BCUT2D eigenvalue weighted by Crippen LogP contribution is 2.37. The summed E-state index contributed by atoms with van der Waals surface area (Å²) < 4.78 is 12.3. The monoisotopic (exact) mass is 423 g/mol. The molecule has 0 saturated carbocycles. The minimum atomic E-state index is -0.368. The molecule has 166 valence electrons. The summed E-state index contributed by atoms with van der Waals surface area (Å²) in [4.78, 5) is 22.8. The molecule has 1 aromatic carbocycles. The summed E-state index contributed by atoms with van der Waals surface area (Å²) in [6.07, 6.45) is 4.50. The SMILES string of the molecule is CC(C)CC(=O)N1CCC[C@H]1c1nc(-c2ccc(B3OC(C)(C)C(C)(C)O3)cc2)c[nH]1. The second kappa shape index (κ2) is 8.10. The summed E-state index contributed by atoms with van der Waals surface area (Å²) in [5, 5.41) is 0. The lowest BCUT2D eigenvalue weighted by atomic mass is 9.79. The number of aromatic amines is 1. The second-order valence-electron chi connectivity index (χ2n) is 10.2. The van der Waals surface area contributed by atoms with Gasteiger partial charge in [-0.15, -0.1) is 0 Å². The molecule has 4 rings (SSSR count). The van der Waals surface area contributed by atoms with Crippen LogP contribution in [0.15, 0.2) is 30.5 Å². The zero-order chi connectivity index (χ0) is 22.4. The highest BCUT2D eigenvalue weighted by atomic mass is 16.7. The Balaban J connectivity index is 1.48. The Hall–Kier alpha value is -2.12. The Morgan fingerprint density at radius 3 is 2.45 bits per heavy atom. The minimum absolute atomic E-state index is 0.0454. The molecule has 0 radical (unpaired) electrons. The maximum atomic E-state index is 12.6. The molecule has 2 aliphatic rings. The molecule has 1 atom stereocenters. The third kappa shape index (κ3) is 4.30. The molecule has 1 amide bonds. The normalized spacial score (nSPS) is 22.5. The molecule has 0 spiro atoms. The number of nitrogens with one attached hydrogen (secondary N) is 1. The van der Waals surface area contributed by atoms with Crippen molar-refractivity contribution >= 4 is 18.5 Å². The van der Waals surface area contributed by atoms with Crippen molar-refractivity contribution in [2.45, 2.75) is 78.0 Å². The summed E-state index contributed by atoms with van der Waals surface area (Å²) in [5.41, 5.74) is 2.21. The number of rotatable bonds is 5. The molecule has 0 unspecified atom stereocenters.